The third-order valence-electron chi connectivity index (χ3n) is 4.88. The molecule has 2 atom stereocenters. The number of rotatable bonds is 8. The van der Waals surface area contributed by atoms with E-state index in [2.05, 4.69) is 9.98 Å². The zero-order valence-corrected chi connectivity index (χ0v) is 16.5. The van der Waals surface area contributed by atoms with Crippen molar-refractivity contribution < 1.29 is 29.5 Å². The van der Waals surface area contributed by atoms with Crippen LogP contribution in [0.2, 0.25) is 0 Å². The average Bonchev–Trinajstić information content (AvgIpc) is 2.73. The summed E-state index contributed by atoms with van der Waals surface area (Å²) in [5.41, 5.74) is 0.718. The van der Waals surface area contributed by atoms with E-state index in [1.54, 1.807) is 24.5 Å². The number of carbonyl (C=O) groups is 2. The lowest BCUT2D eigenvalue weighted by Gasteiger charge is -2.30. The molecule has 0 fully saturated rings. The van der Waals surface area contributed by atoms with Crippen LogP contribution in [0.25, 0.3) is 0 Å². The summed E-state index contributed by atoms with van der Waals surface area (Å²) in [7, 11) is 0. The Hall–Kier alpha value is -3.92. The van der Waals surface area contributed by atoms with Crippen LogP contribution in [0.5, 0.6) is 0 Å². The van der Waals surface area contributed by atoms with Crippen molar-refractivity contribution >= 4 is 23.3 Å². The second kappa shape index (κ2) is 9.26. The highest BCUT2D eigenvalue weighted by Crippen LogP contribution is 2.40. The maximum atomic E-state index is 12.2. The quantitative estimate of drug-likeness (QED) is 0.484. The minimum absolute atomic E-state index is 0.0721. The fraction of sp³-hybridized carbons (Fsp3) is 0.238. The van der Waals surface area contributed by atoms with Crippen molar-refractivity contribution in [3.05, 3.63) is 81.3 Å². The van der Waals surface area contributed by atoms with Crippen molar-refractivity contribution in [1.82, 2.24) is 4.98 Å². The topological polar surface area (TPSA) is 152 Å². The number of nitro groups is 1. The lowest BCUT2D eigenvalue weighted by molar-refractivity contribution is -0.384. The number of pyridine rings is 1. The van der Waals surface area contributed by atoms with Gasteiger partial charge in [0.2, 0.25) is 0 Å². The fourth-order valence-corrected chi connectivity index (χ4v) is 3.56. The molecular formula is C21H19N3O7. The highest BCUT2D eigenvalue weighted by atomic mass is 16.6. The maximum absolute atomic E-state index is 12.2. The van der Waals surface area contributed by atoms with Gasteiger partial charge in [-0.05, 0) is 24.1 Å². The van der Waals surface area contributed by atoms with Gasteiger partial charge in [-0.25, -0.2) is 4.79 Å². The fourth-order valence-electron chi connectivity index (χ4n) is 3.56. The van der Waals surface area contributed by atoms with Crippen LogP contribution in [-0.2, 0) is 20.9 Å². The van der Waals surface area contributed by atoms with Gasteiger partial charge in [-0.3, -0.25) is 24.9 Å². The molecule has 2 heterocycles. The molecule has 10 heteroatoms. The largest absolute Gasteiger partial charge is 0.481 e. The molecule has 0 saturated carbocycles. The van der Waals surface area contributed by atoms with Gasteiger partial charge < -0.3 is 14.9 Å². The van der Waals surface area contributed by atoms with E-state index in [0.717, 1.165) is 5.56 Å². The van der Waals surface area contributed by atoms with E-state index >= 15 is 0 Å². The Morgan fingerprint density at radius 3 is 2.58 bits per heavy atom. The van der Waals surface area contributed by atoms with Gasteiger partial charge in [0.15, 0.2) is 0 Å². The highest BCUT2D eigenvalue weighted by molar-refractivity contribution is 6.06. The lowest BCUT2D eigenvalue weighted by Crippen LogP contribution is -2.35. The van der Waals surface area contributed by atoms with Gasteiger partial charge in [-0.15, -0.1) is 0 Å². The van der Waals surface area contributed by atoms with E-state index < -0.39 is 28.7 Å². The van der Waals surface area contributed by atoms with Crippen LogP contribution in [0.15, 0.2) is 65.1 Å². The third kappa shape index (κ3) is 4.81. The van der Waals surface area contributed by atoms with Gasteiger partial charge in [0.25, 0.3) is 5.69 Å². The average molecular weight is 425 g/mol. The van der Waals surface area contributed by atoms with Crippen LogP contribution in [0.1, 0.15) is 24.0 Å². The standard InChI is InChI=1S/C21H19N3O7/c1-12-17(20(25)26)18(14-5-2-6-15(8-14)24(29)30)19(21(27)28)16(23-12)11-31-10-13-4-3-7-22-9-13/h2-9,17-18H,10-11H2,1H3,(H,25,26)(H,27,28). The third-order valence-corrected chi connectivity index (χ3v) is 4.88. The van der Waals surface area contributed by atoms with Gasteiger partial charge in [-0.1, -0.05) is 18.2 Å². The van der Waals surface area contributed by atoms with Crippen molar-refractivity contribution in [2.75, 3.05) is 6.61 Å². The summed E-state index contributed by atoms with van der Waals surface area (Å²) in [6.45, 7) is 1.47. The van der Waals surface area contributed by atoms with Crippen molar-refractivity contribution in [1.29, 1.82) is 0 Å². The molecule has 0 aliphatic carbocycles. The maximum Gasteiger partial charge on any atom is 0.334 e. The summed E-state index contributed by atoms with van der Waals surface area (Å²) < 4.78 is 5.61. The summed E-state index contributed by atoms with van der Waals surface area (Å²) in [4.78, 5) is 42.9. The van der Waals surface area contributed by atoms with Gasteiger partial charge in [0, 0.05) is 36.2 Å². The normalized spacial score (nSPS) is 18.4. The summed E-state index contributed by atoms with van der Waals surface area (Å²) in [6, 6.07) is 8.84. The van der Waals surface area contributed by atoms with Crippen LogP contribution in [0, 0.1) is 16.0 Å². The number of nitro benzene ring substituents is 1. The van der Waals surface area contributed by atoms with Crippen molar-refractivity contribution in [2.45, 2.75) is 19.4 Å². The minimum atomic E-state index is -1.36. The molecule has 2 N–H and O–H groups in total. The zero-order valence-electron chi connectivity index (χ0n) is 16.5. The van der Waals surface area contributed by atoms with Crippen molar-refractivity contribution in [3.63, 3.8) is 0 Å². The first-order chi connectivity index (χ1) is 14.8. The second-order valence-corrected chi connectivity index (χ2v) is 6.92. The van der Waals surface area contributed by atoms with Gasteiger partial charge in [-0.2, -0.15) is 0 Å². The van der Waals surface area contributed by atoms with Gasteiger partial charge in [0.05, 0.1) is 29.4 Å². The molecule has 1 aliphatic rings. The Morgan fingerprint density at radius 1 is 1.19 bits per heavy atom. The number of hydrogen-bond acceptors (Lipinski definition) is 7. The number of nitrogens with zero attached hydrogens (tertiary/aromatic N) is 3. The van der Waals surface area contributed by atoms with Crippen LogP contribution in [0.4, 0.5) is 5.69 Å². The number of ether oxygens (including phenoxy) is 1. The molecule has 0 bridgehead atoms. The number of hydrogen-bond donors (Lipinski definition) is 2. The Kier molecular flexibility index (Phi) is 6.51. The second-order valence-electron chi connectivity index (χ2n) is 6.92. The molecule has 1 aromatic carbocycles. The predicted molar refractivity (Wildman–Crippen MR) is 109 cm³/mol. The molecule has 1 aliphatic heterocycles. The van der Waals surface area contributed by atoms with Crippen molar-refractivity contribution in [2.24, 2.45) is 10.9 Å². The van der Waals surface area contributed by atoms with Crippen LogP contribution >= 0.6 is 0 Å². The Balaban J connectivity index is 2.02. The Labute approximate surface area is 176 Å². The van der Waals surface area contributed by atoms with E-state index in [0.29, 0.717) is 0 Å². The van der Waals surface area contributed by atoms with E-state index in [9.17, 15) is 29.9 Å². The minimum Gasteiger partial charge on any atom is -0.481 e. The molecule has 31 heavy (non-hydrogen) atoms. The number of carboxylic acids is 2. The first kappa shape index (κ1) is 21.8. The molecular weight excluding hydrogens is 406 g/mol. The van der Waals surface area contributed by atoms with Gasteiger partial charge >= 0.3 is 11.9 Å². The molecule has 0 amide bonds. The predicted octanol–water partition coefficient (Wildman–Crippen LogP) is 2.80. The van der Waals surface area contributed by atoms with Crippen LogP contribution < -0.4 is 0 Å². The summed E-state index contributed by atoms with van der Waals surface area (Å²) in [5, 5.41) is 30.8. The van der Waals surface area contributed by atoms with Crippen molar-refractivity contribution in [3.8, 4) is 0 Å². The molecule has 2 aromatic rings. The highest BCUT2D eigenvalue weighted by Gasteiger charge is 2.42. The van der Waals surface area contributed by atoms with E-state index in [1.165, 1.54) is 31.2 Å². The number of aliphatic imine (C=N–C) groups is 1. The SMILES string of the molecule is CC1=NC(COCc2cccnc2)=C(C(=O)O)C(c2cccc([N+](=O)[O-])c2)C1C(=O)O. The molecule has 0 saturated heterocycles. The lowest BCUT2D eigenvalue weighted by atomic mass is 9.75. The number of aliphatic carboxylic acids is 2. The number of benzene rings is 1. The molecule has 160 valence electrons. The monoisotopic (exact) mass is 425 g/mol. The molecule has 0 spiro atoms. The molecule has 2 unspecified atom stereocenters. The summed E-state index contributed by atoms with van der Waals surface area (Å²) in [5.74, 6) is -5.08. The summed E-state index contributed by atoms with van der Waals surface area (Å²) in [6.07, 6.45) is 3.22. The number of carboxylic acid groups (broad SMARTS) is 2. The zero-order chi connectivity index (χ0) is 22.5. The smallest absolute Gasteiger partial charge is 0.334 e. The van der Waals surface area contributed by atoms with E-state index in [4.69, 9.17) is 4.74 Å². The van der Waals surface area contributed by atoms with Gasteiger partial charge in [0.1, 0.15) is 5.92 Å². The van der Waals surface area contributed by atoms with E-state index in [1.807, 2.05) is 0 Å². The van der Waals surface area contributed by atoms with Crippen LogP contribution in [-0.4, -0.2) is 44.4 Å². The first-order valence-corrected chi connectivity index (χ1v) is 9.25. The number of aromatic nitrogens is 1. The summed E-state index contributed by atoms with van der Waals surface area (Å²) >= 11 is 0. The molecule has 0 radical (unpaired) electrons. The van der Waals surface area contributed by atoms with Crippen LogP contribution in [0.3, 0.4) is 0 Å². The van der Waals surface area contributed by atoms with E-state index in [-0.39, 0.29) is 41.4 Å². The molecule has 3 rings (SSSR count). The Morgan fingerprint density at radius 2 is 1.97 bits per heavy atom. The Bertz CT molecular complexity index is 1080. The first-order valence-electron chi connectivity index (χ1n) is 9.25. The molecule has 10 nitrogen and oxygen atoms in total. The number of non-ortho nitro benzene ring substituents is 1. The molecule has 1 aromatic heterocycles.